The molecule has 0 saturated carbocycles. The predicted molar refractivity (Wildman–Crippen MR) is 84.5 cm³/mol. The lowest BCUT2D eigenvalue weighted by Gasteiger charge is -2.15. The molecule has 2 heterocycles. The van der Waals surface area contributed by atoms with E-state index >= 15 is 0 Å². The Balaban J connectivity index is 2.16. The van der Waals surface area contributed by atoms with E-state index in [-0.39, 0.29) is 24.6 Å². The van der Waals surface area contributed by atoms with Crippen molar-refractivity contribution in [2.24, 2.45) is 0 Å². The van der Waals surface area contributed by atoms with Gasteiger partial charge >= 0.3 is 0 Å². The topological polar surface area (TPSA) is 118 Å². The summed E-state index contributed by atoms with van der Waals surface area (Å²) in [6.45, 7) is 0.0320. The molecule has 0 aliphatic carbocycles. The molecule has 1 atom stereocenters. The van der Waals surface area contributed by atoms with Crippen molar-refractivity contribution in [3.63, 3.8) is 0 Å². The van der Waals surface area contributed by atoms with Crippen molar-refractivity contribution in [2.75, 3.05) is 12.0 Å². The molecule has 2 rings (SSSR count). The van der Waals surface area contributed by atoms with Gasteiger partial charge in [-0.05, 0) is 17.9 Å². The zero-order valence-corrected chi connectivity index (χ0v) is 14.0. The van der Waals surface area contributed by atoms with Gasteiger partial charge in [0.1, 0.15) is 22.1 Å². The van der Waals surface area contributed by atoms with E-state index in [1.165, 1.54) is 22.2 Å². The Labute approximate surface area is 137 Å². The lowest BCUT2D eigenvalue weighted by Crippen LogP contribution is -2.30. The summed E-state index contributed by atoms with van der Waals surface area (Å²) >= 11 is 1.39. The highest BCUT2D eigenvalue weighted by atomic mass is 32.2. The molecule has 122 valence electrons. The highest BCUT2D eigenvalue weighted by Crippen LogP contribution is 2.17. The van der Waals surface area contributed by atoms with Crippen LogP contribution in [-0.2, 0) is 16.4 Å². The first-order chi connectivity index (χ1) is 10.9. The Morgan fingerprint density at radius 1 is 1.57 bits per heavy atom. The SMILES string of the molecule is CS(=O)(=O)CC[C@H](NC(=O)c1ccsc1)c1cn(CC#N)nn1. The normalized spacial score (nSPS) is 12.5. The summed E-state index contributed by atoms with van der Waals surface area (Å²) in [7, 11) is -3.18. The fraction of sp³-hybridized carbons (Fsp3) is 0.385. The molecule has 2 aromatic heterocycles. The molecule has 0 fully saturated rings. The van der Waals surface area contributed by atoms with Gasteiger partial charge in [-0.15, -0.1) is 5.10 Å². The maximum atomic E-state index is 12.2. The lowest BCUT2D eigenvalue weighted by molar-refractivity contribution is 0.0935. The van der Waals surface area contributed by atoms with Crippen molar-refractivity contribution in [3.8, 4) is 6.07 Å². The average Bonchev–Trinajstić information content (AvgIpc) is 3.14. The van der Waals surface area contributed by atoms with Crippen LogP contribution in [0.15, 0.2) is 23.0 Å². The van der Waals surface area contributed by atoms with Crippen LogP contribution < -0.4 is 5.32 Å². The highest BCUT2D eigenvalue weighted by molar-refractivity contribution is 7.90. The van der Waals surface area contributed by atoms with Crippen molar-refractivity contribution >= 4 is 27.1 Å². The number of aromatic nitrogens is 3. The van der Waals surface area contributed by atoms with Gasteiger partial charge in [0.2, 0.25) is 0 Å². The van der Waals surface area contributed by atoms with Crippen LogP contribution >= 0.6 is 11.3 Å². The van der Waals surface area contributed by atoms with E-state index in [0.29, 0.717) is 11.3 Å². The van der Waals surface area contributed by atoms with Gasteiger partial charge in [0.25, 0.3) is 5.91 Å². The van der Waals surface area contributed by atoms with Gasteiger partial charge in [-0.2, -0.15) is 16.6 Å². The number of nitrogens with zero attached hydrogens (tertiary/aromatic N) is 4. The van der Waals surface area contributed by atoms with Gasteiger partial charge < -0.3 is 5.32 Å². The largest absolute Gasteiger partial charge is 0.343 e. The molecule has 10 heteroatoms. The second-order valence-corrected chi connectivity index (χ2v) is 8.00. The Hall–Kier alpha value is -2.25. The number of nitriles is 1. The summed E-state index contributed by atoms with van der Waals surface area (Å²) in [4.78, 5) is 12.2. The number of carbonyl (C=O) groups excluding carboxylic acids is 1. The van der Waals surface area contributed by atoms with Crippen LogP contribution in [0.1, 0.15) is 28.5 Å². The van der Waals surface area contributed by atoms with Crippen LogP contribution in [0.3, 0.4) is 0 Å². The fourth-order valence-corrected chi connectivity index (χ4v) is 3.18. The van der Waals surface area contributed by atoms with Crippen LogP contribution in [0.5, 0.6) is 0 Å². The Morgan fingerprint density at radius 3 is 2.96 bits per heavy atom. The monoisotopic (exact) mass is 353 g/mol. The van der Waals surface area contributed by atoms with E-state index < -0.39 is 15.9 Å². The van der Waals surface area contributed by atoms with Crippen molar-refractivity contribution in [2.45, 2.75) is 19.0 Å². The van der Waals surface area contributed by atoms with Crippen LogP contribution in [0.4, 0.5) is 0 Å². The molecule has 0 spiro atoms. The minimum absolute atomic E-state index is 0.0320. The second-order valence-electron chi connectivity index (χ2n) is 4.96. The molecule has 0 aromatic carbocycles. The minimum Gasteiger partial charge on any atom is -0.343 e. The first-order valence-electron chi connectivity index (χ1n) is 6.67. The van der Waals surface area contributed by atoms with Gasteiger partial charge in [0.15, 0.2) is 0 Å². The van der Waals surface area contributed by atoms with Gasteiger partial charge in [0.05, 0.1) is 29.6 Å². The fourth-order valence-electron chi connectivity index (χ4n) is 1.88. The van der Waals surface area contributed by atoms with E-state index in [1.807, 2.05) is 6.07 Å². The van der Waals surface area contributed by atoms with E-state index in [2.05, 4.69) is 15.6 Å². The average molecular weight is 353 g/mol. The minimum atomic E-state index is -3.18. The molecule has 23 heavy (non-hydrogen) atoms. The first-order valence-corrected chi connectivity index (χ1v) is 9.67. The molecule has 8 nitrogen and oxygen atoms in total. The third kappa shape index (κ3) is 5.15. The van der Waals surface area contributed by atoms with Crippen molar-refractivity contribution in [1.29, 1.82) is 5.26 Å². The predicted octanol–water partition coefficient (Wildman–Crippen LogP) is 0.769. The Bertz CT molecular complexity index is 805. The molecular weight excluding hydrogens is 338 g/mol. The molecule has 0 bridgehead atoms. The van der Waals surface area contributed by atoms with Gasteiger partial charge in [-0.1, -0.05) is 5.21 Å². The van der Waals surface area contributed by atoms with Gasteiger partial charge in [-0.25, -0.2) is 13.1 Å². The molecule has 0 aliphatic rings. The van der Waals surface area contributed by atoms with E-state index in [1.54, 1.807) is 16.8 Å². The van der Waals surface area contributed by atoms with Crippen molar-refractivity contribution in [3.05, 3.63) is 34.3 Å². The van der Waals surface area contributed by atoms with Crippen molar-refractivity contribution in [1.82, 2.24) is 20.3 Å². The smallest absolute Gasteiger partial charge is 0.252 e. The zero-order chi connectivity index (χ0) is 16.9. The van der Waals surface area contributed by atoms with Gasteiger partial charge in [-0.3, -0.25) is 4.79 Å². The van der Waals surface area contributed by atoms with Crippen LogP contribution in [0.25, 0.3) is 0 Å². The Kier molecular flexibility index (Phi) is 5.46. The summed E-state index contributed by atoms with van der Waals surface area (Å²) in [5.74, 6) is -0.397. The van der Waals surface area contributed by atoms with Crippen LogP contribution in [0.2, 0.25) is 0 Å². The van der Waals surface area contributed by atoms with E-state index in [4.69, 9.17) is 5.26 Å². The Morgan fingerprint density at radius 2 is 2.35 bits per heavy atom. The summed E-state index contributed by atoms with van der Waals surface area (Å²) in [5, 5.41) is 22.6. The van der Waals surface area contributed by atoms with E-state index in [9.17, 15) is 13.2 Å². The number of amides is 1. The highest BCUT2D eigenvalue weighted by Gasteiger charge is 2.21. The number of hydrogen-bond donors (Lipinski definition) is 1. The molecular formula is C13H15N5O3S2. The number of thiophene rings is 1. The zero-order valence-electron chi connectivity index (χ0n) is 12.3. The molecule has 0 aliphatic heterocycles. The summed E-state index contributed by atoms with van der Waals surface area (Å²) in [6.07, 6.45) is 2.85. The summed E-state index contributed by atoms with van der Waals surface area (Å²) in [5.41, 5.74) is 0.927. The van der Waals surface area contributed by atoms with Crippen molar-refractivity contribution < 1.29 is 13.2 Å². The molecule has 2 aromatic rings. The molecule has 0 saturated heterocycles. The maximum absolute atomic E-state index is 12.2. The third-order valence-electron chi connectivity index (χ3n) is 3.01. The lowest BCUT2D eigenvalue weighted by atomic mass is 10.1. The first kappa shape index (κ1) is 17.1. The summed E-state index contributed by atoms with van der Waals surface area (Å²) < 4.78 is 24.1. The second kappa shape index (κ2) is 7.34. The van der Waals surface area contributed by atoms with Crippen LogP contribution in [0, 0.1) is 11.3 Å². The molecule has 0 radical (unpaired) electrons. The number of nitrogens with one attached hydrogen (secondary N) is 1. The molecule has 1 amide bonds. The molecule has 1 N–H and O–H groups in total. The number of rotatable bonds is 7. The van der Waals surface area contributed by atoms with Crippen LogP contribution in [-0.4, -0.2) is 41.3 Å². The van der Waals surface area contributed by atoms with E-state index in [0.717, 1.165) is 6.26 Å². The quantitative estimate of drug-likeness (QED) is 0.785. The maximum Gasteiger partial charge on any atom is 0.252 e. The molecule has 0 unspecified atom stereocenters. The number of carbonyl (C=O) groups is 1. The summed E-state index contributed by atoms with van der Waals surface area (Å²) in [6, 6.07) is 3.02. The van der Waals surface area contributed by atoms with Gasteiger partial charge in [0, 0.05) is 11.6 Å². The standard InChI is InChI=1S/C13H15N5O3S2/c1-23(20,21)7-3-11(12-8-18(5-4-14)17-16-12)15-13(19)10-2-6-22-9-10/h2,6,8-9,11H,3,5,7H2,1H3,(H,15,19)/t11-/m0/s1. The number of hydrogen-bond acceptors (Lipinski definition) is 7. The number of sulfone groups is 1. The third-order valence-corrected chi connectivity index (χ3v) is 4.67.